The summed E-state index contributed by atoms with van der Waals surface area (Å²) in [4.78, 5) is 25.3. The number of hydrogen-bond acceptors (Lipinski definition) is 5. The summed E-state index contributed by atoms with van der Waals surface area (Å²) < 4.78 is 9.24. The van der Waals surface area contributed by atoms with Gasteiger partial charge in [0.2, 0.25) is 5.91 Å². The van der Waals surface area contributed by atoms with E-state index in [0.717, 1.165) is 21.5 Å². The van der Waals surface area contributed by atoms with Crippen LogP contribution in [0.4, 0.5) is 0 Å². The van der Waals surface area contributed by atoms with Crippen LogP contribution in [-0.2, 0) is 11.3 Å². The predicted octanol–water partition coefficient (Wildman–Crippen LogP) is 2.91. The fourth-order valence-electron chi connectivity index (χ4n) is 3.33. The largest absolute Gasteiger partial charge is 0.497 e. The third-order valence-electron chi connectivity index (χ3n) is 4.75. The van der Waals surface area contributed by atoms with Crippen LogP contribution in [0, 0.1) is 6.92 Å². The number of benzene rings is 1. The molecule has 0 radical (unpaired) electrons. The number of rotatable bonds is 5. The smallest absolute Gasteiger partial charge is 0.291 e. The first-order valence-corrected chi connectivity index (χ1v) is 9.75. The molecule has 0 aliphatic heterocycles. The Morgan fingerprint density at radius 2 is 2.00 bits per heavy atom. The van der Waals surface area contributed by atoms with Gasteiger partial charge in [0.1, 0.15) is 23.6 Å². The Hall–Kier alpha value is -3.13. The molecule has 0 bridgehead atoms. The molecular formula is C20H20N4O3S. The Kier molecular flexibility index (Phi) is 4.64. The number of aromatic nitrogens is 3. The lowest BCUT2D eigenvalue weighted by atomic mass is 10.1. The quantitative estimate of drug-likeness (QED) is 0.563. The molecule has 0 unspecified atom stereocenters. The van der Waals surface area contributed by atoms with E-state index in [-0.39, 0.29) is 24.1 Å². The molecule has 7 nitrogen and oxygen atoms in total. The molecule has 144 valence electrons. The Morgan fingerprint density at radius 1 is 1.25 bits per heavy atom. The molecule has 0 fully saturated rings. The number of carbonyl (C=O) groups excluding carboxylic acids is 1. The van der Waals surface area contributed by atoms with Crippen LogP contribution in [0.15, 0.2) is 46.6 Å². The average molecular weight is 396 g/mol. The van der Waals surface area contributed by atoms with Crippen molar-refractivity contribution in [3.05, 3.63) is 63.5 Å². The molecule has 0 aliphatic carbocycles. The third-order valence-corrected chi connectivity index (χ3v) is 5.61. The van der Waals surface area contributed by atoms with Crippen molar-refractivity contribution < 1.29 is 9.53 Å². The van der Waals surface area contributed by atoms with Gasteiger partial charge < -0.3 is 10.1 Å². The minimum atomic E-state index is -0.277. The monoisotopic (exact) mass is 396 g/mol. The summed E-state index contributed by atoms with van der Waals surface area (Å²) in [7, 11) is 1.61. The molecule has 8 heteroatoms. The summed E-state index contributed by atoms with van der Waals surface area (Å²) in [6.45, 7) is 3.60. The van der Waals surface area contributed by atoms with Crippen molar-refractivity contribution in [2.45, 2.75) is 26.4 Å². The summed E-state index contributed by atoms with van der Waals surface area (Å²) in [5, 5.41) is 9.24. The van der Waals surface area contributed by atoms with Crippen LogP contribution in [0.2, 0.25) is 0 Å². The van der Waals surface area contributed by atoms with Gasteiger partial charge in [0.15, 0.2) is 0 Å². The van der Waals surface area contributed by atoms with Gasteiger partial charge in [-0.3, -0.25) is 14.0 Å². The minimum Gasteiger partial charge on any atom is -0.497 e. The van der Waals surface area contributed by atoms with Gasteiger partial charge in [-0.25, -0.2) is 4.68 Å². The maximum Gasteiger partial charge on any atom is 0.291 e. The van der Waals surface area contributed by atoms with Gasteiger partial charge in [-0.2, -0.15) is 5.10 Å². The molecule has 3 aromatic heterocycles. The van der Waals surface area contributed by atoms with E-state index >= 15 is 0 Å². The van der Waals surface area contributed by atoms with E-state index in [9.17, 15) is 9.59 Å². The second-order valence-electron chi connectivity index (χ2n) is 6.61. The lowest BCUT2D eigenvalue weighted by Gasteiger charge is -2.15. The van der Waals surface area contributed by atoms with Crippen LogP contribution in [0.1, 0.15) is 24.4 Å². The Labute approximate surface area is 165 Å². The second-order valence-corrected chi connectivity index (χ2v) is 7.56. The Balaban J connectivity index is 1.56. The average Bonchev–Trinajstić information content (AvgIpc) is 3.27. The van der Waals surface area contributed by atoms with Crippen LogP contribution in [-0.4, -0.2) is 27.2 Å². The van der Waals surface area contributed by atoms with E-state index in [0.29, 0.717) is 11.3 Å². The molecule has 4 rings (SSSR count). The van der Waals surface area contributed by atoms with E-state index in [2.05, 4.69) is 10.4 Å². The lowest BCUT2D eigenvalue weighted by Crippen LogP contribution is -2.36. The first-order chi connectivity index (χ1) is 13.5. The highest BCUT2D eigenvalue weighted by atomic mass is 32.1. The molecule has 1 aromatic carbocycles. The number of nitrogens with zero attached hydrogens (tertiary/aromatic N) is 3. The minimum absolute atomic E-state index is 0.129. The van der Waals surface area contributed by atoms with Crippen molar-refractivity contribution in [1.29, 1.82) is 0 Å². The maximum atomic E-state index is 12.8. The fourth-order valence-corrected chi connectivity index (χ4v) is 4.14. The van der Waals surface area contributed by atoms with E-state index in [4.69, 9.17) is 4.74 Å². The zero-order chi connectivity index (χ0) is 19.8. The van der Waals surface area contributed by atoms with Gasteiger partial charge >= 0.3 is 0 Å². The molecule has 1 amide bonds. The number of aryl methyl sites for hydroxylation is 1. The molecule has 4 aromatic rings. The lowest BCUT2D eigenvalue weighted by molar-refractivity contribution is -0.122. The molecule has 1 atom stereocenters. The number of carbonyl (C=O) groups is 1. The molecule has 28 heavy (non-hydrogen) atoms. The first-order valence-electron chi connectivity index (χ1n) is 8.87. The summed E-state index contributed by atoms with van der Waals surface area (Å²) in [5.41, 5.74) is 2.17. The van der Waals surface area contributed by atoms with Crippen molar-refractivity contribution in [1.82, 2.24) is 19.5 Å². The van der Waals surface area contributed by atoms with E-state index in [1.165, 1.54) is 4.68 Å². The standard InChI is InChI=1S/C20H20N4O3S/c1-12(14-4-6-15(27-3)7-5-14)21-19(25)11-23-20(26)17-10-18-16(8-9-28-18)24(17)13(2)22-23/h4-10,12H,11H2,1-3H3,(H,21,25)/t12-/m0/s1. The Morgan fingerprint density at radius 3 is 2.71 bits per heavy atom. The maximum absolute atomic E-state index is 12.8. The van der Waals surface area contributed by atoms with Gasteiger partial charge in [-0.15, -0.1) is 11.3 Å². The van der Waals surface area contributed by atoms with Crippen LogP contribution in [0.5, 0.6) is 5.75 Å². The molecule has 0 spiro atoms. The van der Waals surface area contributed by atoms with Gasteiger partial charge in [-0.1, -0.05) is 12.1 Å². The van der Waals surface area contributed by atoms with Crippen molar-refractivity contribution in [3.63, 3.8) is 0 Å². The van der Waals surface area contributed by atoms with Gasteiger partial charge in [-0.05, 0) is 49.1 Å². The second kappa shape index (κ2) is 7.12. The zero-order valence-electron chi connectivity index (χ0n) is 15.8. The summed E-state index contributed by atoms with van der Waals surface area (Å²) in [6.07, 6.45) is 0. The van der Waals surface area contributed by atoms with Crippen molar-refractivity contribution >= 4 is 33.0 Å². The van der Waals surface area contributed by atoms with Crippen molar-refractivity contribution in [3.8, 4) is 5.75 Å². The van der Waals surface area contributed by atoms with E-state index in [1.54, 1.807) is 18.4 Å². The number of ether oxygens (including phenoxy) is 1. The zero-order valence-corrected chi connectivity index (χ0v) is 16.6. The first kappa shape index (κ1) is 18.2. The Bertz CT molecular complexity index is 1220. The highest BCUT2D eigenvalue weighted by molar-refractivity contribution is 7.17. The SMILES string of the molecule is COc1ccc([C@H](C)NC(=O)Cn2nc(C)n3c(cc4sccc43)c2=O)cc1. The number of thiophene rings is 1. The number of hydrogen-bond donors (Lipinski definition) is 1. The highest BCUT2D eigenvalue weighted by Gasteiger charge is 2.16. The molecule has 1 N–H and O–H groups in total. The molecule has 0 saturated heterocycles. The number of methoxy groups -OCH3 is 1. The number of amides is 1. The van der Waals surface area contributed by atoms with E-state index < -0.39 is 0 Å². The molecule has 0 saturated carbocycles. The summed E-state index contributed by atoms with van der Waals surface area (Å²) in [5.74, 6) is 1.16. The molecule has 0 aliphatic rings. The normalized spacial score (nSPS) is 12.4. The van der Waals surface area contributed by atoms with Gasteiger partial charge in [0.25, 0.3) is 5.56 Å². The fraction of sp³-hybridized carbons (Fsp3) is 0.250. The number of nitrogens with one attached hydrogen (secondary N) is 1. The third kappa shape index (κ3) is 3.16. The van der Waals surface area contributed by atoms with Crippen molar-refractivity contribution in [2.24, 2.45) is 0 Å². The van der Waals surface area contributed by atoms with Gasteiger partial charge in [0.05, 0.1) is 23.4 Å². The number of fused-ring (bicyclic) bond motifs is 3. The van der Waals surface area contributed by atoms with E-state index in [1.807, 2.05) is 60.0 Å². The molecular weight excluding hydrogens is 376 g/mol. The predicted molar refractivity (Wildman–Crippen MR) is 109 cm³/mol. The van der Waals surface area contributed by atoms with Crippen LogP contribution in [0.3, 0.4) is 0 Å². The van der Waals surface area contributed by atoms with Crippen molar-refractivity contribution in [2.75, 3.05) is 7.11 Å². The van der Waals surface area contributed by atoms with Crippen LogP contribution >= 0.6 is 11.3 Å². The molecule has 3 heterocycles. The summed E-state index contributed by atoms with van der Waals surface area (Å²) >= 11 is 1.57. The highest BCUT2D eigenvalue weighted by Crippen LogP contribution is 2.24. The topological polar surface area (TPSA) is 77.6 Å². The van der Waals surface area contributed by atoms with Crippen LogP contribution < -0.4 is 15.6 Å². The summed E-state index contributed by atoms with van der Waals surface area (Å²) in [6, 6.07) is 11.1. The van der Waals surface area contributed by atoms with Crippen LogP contribution in [0.25, 0.3) is 15.7 Å². The van der Waals surface area contributed by atoms with Gasteiger partial charge in [0, 0.05) is 0 Å².